The van der Waals surface area contributed by atoms with Crippen molar-refractivity contribution in [3.63, 3.8) is 0 Å². The van der Waals surface area contributed by atoms with Crippen LogP contribution >= 0.6 is 11.6 Å². The van der Waals surface area contributed by atoms with Crippen molar-refractivity contribution in [2.45, 2.75) is 26.2 Å². The summed E-state index contributed by atoms with van der Waals surface area (Å²) >= 11 is 5.46. The first-order valence-corrected chi connectivity index (χ1v) is 5.33. The van der Waals surface area contributed by atoms with E-state index < -0.39 is 0 Å². The van der Waals surface area contributed by atoms with Crippen LogP contribution in [0, 0.1) is 17.3 Å². The van der Waals surface area contributed by atoms with E-state index in [4.69, 9.17) is 16.3 Å². The molecule has 0 spiro atoms. The minimum atomic E-state index is -0.365. The number of carbonyl (C=O) groups excluding carboxylic acids is 2. The molecular weight excluding hydrogens is 204 g/mol. The first-order valence-electron chi connectivity index (χ1n) is 4.95. The van der Waals surface area contributed by atoms with Gasteiger partial charge in [0.25, 0.3) is 0 Å². The van der Waals surface area contributed by atoms with Gasteiger partial charge in [-0.2, -0.15) is 0 Å². The average Bonchev–Trinajstić information content (AvgIpc) is 2.57. The Labute approximate surface area is 87.8 Å². The summed E-state index contributed by atoms with van der Waals surface area (Å²) in [5, 5.41) is -0.293. The number of carbonyl (C=O) groups is 2. The highest BCUT2D eigenvalue weighted by atomic mass is 35.5. The quantitative estimate of drug-likeness (QED) is 0.533. The molecule has 3 rings (SSSR count). The first kappa shape index (κ1) is 9.97. The molecule has 2 bridgehead atoms. The zero-order chi connectivity index (χ0) is 10.3. The molecule has 3 saturated carbocycles. The Morgan fingerprint density at radius 2 is 2.07 bits per heavy atom. The molecule has 0 aromatic carbocycles. The van der Waals surface area contributed by atoms with Gasteiger partial charge in [-0.15, -0.1) is 0 Å². The molecule has 0 aromatic heterocycles. The smallest absolute Gasteiger partial charge is 0.312 e. The number of esters is 1. The first-order chi connectivity index (χ1) is 6.59. The maximum Gasteiger partial charge on any atom is 0.312 e. The molecule has 0 heterocycles. The van der Waals surface area contributed by atoms with E-state index in [-0.39, 0.29) is 22.5 Å². The molecule has 1 unspecified atom stereocenters. The lowest BCUT2D eigenvalue weighted by Crippen LogP contribution is -2.37. The van der Waals surface area contributed by atoms with E-state index >= 15 is 0 Å². The lowest BCUT2D eigenvalue weighted by Gasteiger charge is -2.35. The van der Waals surface area contributed by atoms with Crippen molar-refractivity contribution in [3.05, 3.63) is 0 Å². The summed E-state index contributed by atoms with van der Waals surface area (Å²) in [7, 11) is 0. The van der Waals surface area contributed by atoms with Crippen molar-refractivity contribution >= 4 is 22.8 Å². The van der Waals surface area contributed by atoms with E-state index in [1.165, 1.54) is 0 Å². The van der Waals surface area contributed by atoms with Crippen LogP contribution in [0.3, 0.4) is 0 Å². The van der Waals surface area contributed by atoms with E-state index in [1.807, 2.05) is 0 Å². The van der Waals surface area contributed by atoms with Crippen LogP contribution < -0.4 is 0 Å². The van der Waals surface area contributed by atoms with E-state index in [1.54, 1.807) is 6.92 Å². The highest BCUT2D eigenvalue weighted by Gasteiger charge is 2.62. The van der Waals surface area contributed by atoms with Crippen LogP contribution in [-0.4, -0.2) is 17.8 Å². The van der Waals surface area contributed by atoms with Crippen molar-refractivity contribution in [1.29, 1.82) is 0 Å². The molecule has 1 atom stereocenters. The van der Waals surface area contributed by atoms with Gasteiger partial charge in [-0.1, -0.05) is 0 Å². The predicted octanol–water partition coefficient (Wildman–Crippen LogP) is 1.73. The third-order valence-electron chi connectivity index (χ3n) is 3.49. The Kier molecular flexibility index (Phi) is 2.30. The zero-order valence-corrected chi connectivity index (χ0v) is 8.84. The fraction of sp³-hybridized carbons (Fsp3) is 0.800. The fourth-order valence-electron chi connectivity index (χ4n) is 2.78. The monoisotopic (exact) mass is 216 g/mol. The van der Waals surface area contributed by atoms with Crippen molar-refractivity contribution < 1.29 is 14.3 Å². The second-order valence-electron chi connectivity index (χ2n) is 4.28. The van der Waals surface area contributed by atoms with Gasteiger partial charge >= 0.3 is 5.97 Å². The number of hydrogen-bond donors (Lipinski definition) is 0. The SMILES string of the molecule is CCOC(=O)C12CC(C1)C(C(=O)Cl)C2. The van der Waals surface area contributed by atoms with Gasteiger partial charge in [0.05, 0.1) is 12.0 Å². The second-order valence-corrected chi connectivity index (χ2v) is 4.66. The molecule has 14 heavy (non-hydrogen) atoms. The van der Waals surface area contributed by atoms with E-state index in [0.29, 0.717) is 18.9 Å². The molecule has 0 aromatic rings. The maximum atomic E-state index is 11.6. The lowest BCUT2D eigenvalue weighted by atomic mass is 9.69. The van der Waals surface area contributed by atoms with Crippen LogP contribution in [0.25, 0.3) is 0 Å². The van der Waals surface area contributed by atoms with Gasteiger partial charge in [-0.3, -0.25) is 9.59 Å². The largest absolute Gasteiger partial charge is 0.466 e. The van der Waals surface area contributed by atoms with Gasteiger partial charge < -0.3 is 4.74 Å². The third-order valence-corrected chi connectivity index (χ3v) is 3.77. The molecule has 3 aliphatic carbocycles. The van der Waals surface area contributed by atoms with Crippen LogP contribution in [0.4, 0.5) is 0 Å². The topological polar surface area (TPSA) is 43.4 Å². The second kappa shape index (κ2) is 3.23. The highest BCUT2D eigenvalue weighted by Crippen LogP contribution is 2.62. The summed E-state index contributed by atoms with van der Waals surface area (Å²) in [6.07, 6.45) is 2.17. The molecule has 3 aliphatic rings. The molecule has 0 saturated heterocycles. The number of fused-ring (bicyclic) bond motifs is 1. The summed E-state index contributed by atoms with van der Waals surface area (Å²) in [6, 6.07) is 0. The molecule has 3 fully saturated rings. The summed E-state index contributed by atoms with van der Waals surface area (Å²) in [5.41, 5.74) is -0.365. The molecule has 0 amide bonds. The van der Waals surface area contributed by atoms with Gasteiger partial charge in [0.15, 0.2) is 0 Å². The summed E-state index contributed by atoms with van der Waals surface area (Å²) in [6.45, 7) is 2.20. The molecule has 0 radical (unpaired) electrons. The predicted molar refractivity (Wildman–Crippen MR) is 50.8 cm³/mol. The van der Waals surface area contributed by atoms with Gasteiger partial charge in [0.2, 0.25) is 5.24 Å². The Morgan fingerprint density at radius 1 is 1.43 bits per heavy atom. The van der Waals surface area contributed by atoms with E-state index in [9.17, 15) is 9.59 Å². The van der Waals surface area contributed by atoms with Crippen molar-refractivity contribution in [2.24, 2.45) is 17.3 Å². The van der Waals surface area contributed by atoms with Crippen molar-refractivity contribution in [3.8, 4) is 0 Å². The summed E-state index contributed by atoms with van der Waals surface area (Å²) in [4.78, 5) is 22.6. The molecule has 0 N–H and O–H groups in total. The fourth-order valence-corrected chi connectivity index (χ4v) is 3.04. The normalized spacial score (nSPS) is 39.0. The Balaban J connectivity index is 2.04. The van der Waals surface area contributed by atoms with Gasteiger partial charge in [-0.25, -0.2) is 0 Å². The van der Waals surface area contributed by atoms with Crippen LogP contribution in [0.15, 0.2) is 0 Å². The number of halogens is 1. The van der Waals surface area contributed by atoms with Crippen LogP contribution in [0.5, 0.6) is 0 Å². The molecule has 78 valence electrons. The molecule has 0 aliphatic heterocycles. The Hall–Kier alpha value is -0.570. The van der Waals surface area contributed by atoms with Crippen LogP contribution in [0.2, 0.25) is 0 Å². The lowest BCUT2D eigenvalue weighted by molar-refractivity contribution is -0.159. The van der Waals surface area contributed by atoms with Crippen molar-refractivity contribution in [2.75, 3.05) is 6.61 Å². The molecule has 4 heteroatoms. The zero-order valence-electron chi connectivity index (χ0n) is 8.09. The maximum absolute atomic E-state index is 11.6. The average molecular weight is 217 g/mol. The highest BCUT2D eigenvalue weighted by molar-refractivity contribution is 6.64. The standard InChI is InChI=1S/C10H13ClO3/c1-2-14-9(13)10-3-6(4-10)7(5-10)8(11)12/h6-7H,2-5H2,1H3. The van der Waals surface area contributed by atoms with Crippen LogP contribution in [0.1, 0.15) is 26.2 Å². The number of hydrogen-bond acceptors (Lipinski definition) is 3. The van der Waals surface area contributed by atoms with Gasteiger partial charge in [0, 0.05) is 5.92 Å². The van der Waals surface area contributed by atoms with Crippen LogP contribution in [-0.2, 0) is 14.3 Å². The van der Waals surface area contributed by atoms with Gasteiger partial charge in [-0.05, 0) is 43.7 Å². The van der Waals surface area contributed by atoms with E-state index in [0.717, 1.165) is 12.8 Å². The Morgan fingerprint density at radius 3 is 2.50 bits per heavy atom. The molecule has 3 nitrogen and oxygen atoms in total. The Bertz CT molecular complexity index is 281. The minimum absolute atomic E-state index is 0.110. The number of ether oxygens (including phenoxy) is 1. The minimum Gasteiger partial charge on any atom is -0.466 e. The third kappa shape index (κ3) is 1.26. The summed E-state index contributed by atoms with van der Waals surface area (Å²) < 4.78 is 5.00. The van der Waals surface area contributed by atoms with E-state index in [2.05, 4.69) is 0 Å². The molecular formula is C10H13ClO3. The number of rotatable bonds is 3. The van der Waals surface area contributed by atoms with Crippen molar-refractivity contribution in [1.82, 2.24) is 0 Å². The summed E-state index contributed by atoms with van der Waals surface area (Å²) in [5.74, 6) is 0.0714. The van der Waals surface area contributed by atoms with Gasteiger partial charge in [0.1, 0.15) is 0 Å².